The van der Waals surface area contributed by atoms with E-state index in [1.54, 1.807) is 43.9 Å². The Hall–Kier alpha value is -2.98. The molecule has 2 heterocycles. The Kier molecular flexibility index (Phi) is 6.61. The maximum absolute atomic E-state index is 12.5. The second kappa shape index (κ2) is 9.03. The highest BCUT2D eigenvalue weighted by Gasteiger charge is 2.24. The van der Waals surface area contributed by atoms with Gasteiger partial charge in [0.05, 0.1) is 23.5 Å². The van der Waals surface area contributed by atoms with Crippen molar-refractivity contribution in [1.82, 2.24) is 19.8 Å². The number of carbonyl (C=O) groups is 3. The monoisotopic (exact) mass is 430 g/mol. The van der Waals surface area contributed by atoms with Crippen LogP contribution in [-0.2, 0) is 14.3 Å². The Morgan fingerprint density at radius 2 is 1.90 bits per heavy atom. The molecule has 1 aromatic heterocycles. The lowest BCUT2D eigenvalue weighted by atomic mass is 10.1. The first-order valence-electron chi connectivity index (χ1n) is 10.3. The normalized spacial score (nSPS) is 16.2. The molecule has 31 heavy (non-hydrogen) atoms. The number of aromatic amines is 1. The standard InChI is InChI=1S/C21H30N6O4/c1-21(2,3)31-20(30)18-24-15-6-5-13(11-16(15)25-18)23-19(29)14(22)12-17(28)27-9-7-26(4)8-10-27/h5-6,11,14H,7-10,12,22H2,1-4H3,(H,23,29)(H,24,25)/t14-/m0/s1. The first-order valence-corrected chi connectivity index (χ1v) is 10.3. The van der Waals surface area contributed by atoms with Crippen molar-refractivity contribution in [2.75, 3.05) is 38.5 Å². The molecule has 4 N–H and O–H groups in total. The summed E-state index contributed by atoms with van der Waals surface area (Å²) in [7, 11) is 2.01. The number of amides is 2. The summed E-state index contributed by atoms with van der Waals surface area (Å²) in [5.41, 5.74) is 6.94. The molecule has 3 rings (SSSR count). The molecule has 2 aromatic rings. The minimum absolute atomic E-state index is 0.0526. The van der Waals surface area contributed by atoms with Crippen molar-refractivity contribution in [2.24, 2.45) is 5.73 Å². The number of fused-ring (bicyclic) bond motifs is 1. The third kappa shape index (κ3) is 6.02. The number of carbonyl (C=O) groups excluding carboxylic acids is 3. The van der Waals surface area contributed by atoms with Gasteiger partial charge in [0.1, 0.15) is 5.60 Å². The van der Waals surface area contributed by atoms with E-state index in [1.807, 2.05) is 7.05 Å². The van der Waals surface area contributed by atoms with Gasteiger partial charge in [-0.3, -0.25) is 9.59 Å². The largest absolute Gasteiger partial charge is 0.454 e. The van der Waals surface area contributed by atoms with Gasteiger partial charge >= 0.3 is 5.97 Å². The number of esters is 1. The van der Waals surface area contributed by atoms with Gasteiger partial charge in [-0.15, -0.1) is 0 Å². The van der Waals surface area contributed by atoms with Gasteiger partial charge in [0.25, 0.3) is 0 Å². The summed E-state index contributed by atoms with van der Waals surface area (Å²) in [6.45, 7) is 8.22. The number of benzene rings is 1. The average molecular weight is 431 g/mol. The topological polar surface area (TPSA) is 134 Å². The van der Waals surface area contributed by atoms with Crippen LogP contribution in [0.1, 0.15) is 37.8 Å². The summed E-state index contributed by atoms with van der Waals surface area (Å²) < 4.78 is 5.31. The summed E-state index contributed by atoms with van der Waals surface area (Å²) in [6, 6.07) is 4.05. The van der Waals surface area contributed by atoms with E-state index in [1.165, 1.54) is 0 Å². The molecular formula is C21H30N6O4. The Bertz CT molecular complexity index is 972. The molecule has 1 saturated heterocycles. The molecule has 1 aliphatic rings. The molecule has 1 atom stereocenters. The number of nitrogens with two attached hydrogens (primary N) is 1. The zero-order chi connectivity index (χ0) is 22.8. The molecule has 1 fully saturated rings. The Morgan fingerprint density at radius 1 is 1.23 bits per heavy atom. The number of rotatable bonds is 5. The van der Waals surface area contributed by atoms with Crippen LogP contribution < -0.4 is 11.1 Å². The minimum Gasteiger partial charge on any atom is -0.454 e. The average Bonchev–Trinajstić information content (AvgIpc) is 3.10. The molecule has 0 unspecified atom stereocenters. The Morgan fingerprint density at radius 3 is 2.55 bits per heavy atom. The predicted octanol–water partition coefficient (Wildman–Crippen LogP) is 0.948. The molecule has 0 saturated carbocycles. The van der Waals surface area contributed by atoms with Gasteiger partial charge < -0.3 is 30.6 Å². The quantitative estimate of drug-likeness (QED) is 0.601. The highest BCUT2D eigenvalue weighted by molar-refractivity contribution is 5.99. The van der Waals surface area contributed by atoms with Gasteiger partial charge in [0.15, 0.2) is 0 Å². The Balaban J connectivity index is 1.60. The maximum atomic E-state index is 12.5. The van der Waals surface area contributed by atoms with Crippen LogP contribution in [0.2, 0.25) is 0 Å². The fourth-order valence-electron chi connectivity index (χ4n) is 3.21. The number of likely N-dealkylation sites (N-methyl/N-ethyl adjacent to an activating group) is 1. The van der Waals surface area contributed by atoms with Crippen LogP contribution in [0.25, 0.3) is 11.0 Å². The summed E-state index contributed by atoms with van der Waals surface area (Å²) in [5.74, 6) is -1.05. The van der Waals surface area contributed by atoms with E-state index in [9.17, 15) is 14.4 Å². The molecule has 10 heteroatoms. The molecule has 168 valence electrons. The number of H-pyrrole nitrogens is 1. The lowest BCUT2D eigenvalue weighted by Crippen LogP contribution is -2.49. The number of piperazine rings is 1. The first kappa shape index (κ1) is 22.7. The molecule has 0 aliphatic carbocycles. The van der Waals surface area contributed by atoms with E-state index >= 15 is 0 Å². The van der Waals surface area contributed by atoms with E-state index in [4.69, 9.17) is 10.5 Å². The van der Waals surface area contributed by atoms with Crippen molar-refractivity contribution >= 4 is 34.5 Å². The fourth-order valence-corrected chi connectivity index (χ4v) is 3.21. The van der Waals surface area contributed by atoms with Crippen LogP contribution in [0.4, 0.5) is 5.69 Å². The van der Waals surface area contributed by atoms with E-state index in [0.29, 0.717) is 29.8 Å². The van der Waals surface area contributed by atoms with Gasteiger partial charge in [-0.05, 0) is 46.0 Å². The third-order valence-electron chi connectivity index (χ3n) is 4.93. The van der Waals surface area contributed by atoms with Gasteiger partial charge in [-0.25, -0.2) is 9.78 Å². The van der Waals surface area contributed by atoms with Gasteiger partial charge in [-0.1, -0.05) is 0 Å². The van der Waals surface area contributed by atoms with E-state index in [-0.39, 0.29) is 18.2 Å². The molecule has 10 nitrogen and oxygen atoms in total. The number of imidazole rings is 1. The molecule has 1 aromatic carbocycles. The lowest BCUT2D eigenvalue weighted by molar-refractivity contribution is -0.134. The van der Waals surface area contributed by atoms with E-state index in [2.05, 4.69) is 20.2 Å². The van der Waals surface area contributed by atoms with Crippen LogP contribution >= 0.6 is 0 Å². The number of ether oxygens (including phenoxy) is 1. The second-order valence-electron chi connectivity index (χ2n) is 8.80. The van der Waals surface area contributed by atoms with Crippen molar-refractivity contribution < 1.29 is 19.1 Å². The second-order valence-corrected chi connectivity index (χ2v) is 8.80. The zero-order valence-electron chi connectivity index (χ0n) is 18.4. The summed E-state index contributed by atoms with van der Waals surface area (Å²) in [5, 5.41) is 2.71. The number of hydrogen-bond donors (Lipinski definition) is 3. The SMILES string of the molecule is CN1CCN(C(=O)C[C@H](N)C(=O)Nc2ccc3[nH]c(C(=O)OC(C)(C)C)nc3c2)CC1. The first-order chi connectivity index (χ1) is 14.5. The molecule has 0 bridgehead atoms. The molecular weight excluding hydrogens is 400 g/mol. The molecule has 2 amide bonds. The lowest BCUT2D eigenvalue weighted by Gasteiger charge is -2.32. The molecule has 1 aliphatic heterocycles. The molecule has 0 spiro atoms. The smallest absolute Gasteiger partial charge is 0.374 e. The van der Waals surface area contributed by atoms with Crippen molar-refractivity contribution in [1.29, 1.82) is 0 Å². The zero-order valence-corrected chi connectivity index (χ0v) is 18.4. The van der Waals surface area contributed by atoms with Crippen LogP contribution in [0.15, 0.2) is 18.2 Å². The highest BCUT2D eigenvalue weighted by atomic mass is 16.6. The number of nitrogens with zero attached hydrogens (tertiary/aromatic N) is 3. The van der Waals surface area contributed by atoms with E-state index < -0.39 is 23.5 Å². The number of nitrogens with one attached hydrogen (secondary N) is 2. The summed E-state index contributed by atoms with van der Waals surface area (Å²) in [4.78, 5) is 48.1. The Labute approximate surface area is 181 Å². The van der Waals surface area contributed by atoms with E-state index in [0.717, 1.165) is 13.1 Å². The summed E-state index contributed by atoms with van der Waals surface area (Å²) in [6.07, 6.45) is -0.0526. The van der Waals surface area contributed by atoms with Crippen LogP contribution in [-0.4, -0.2) is 82.4 Å². The van der Waals surface area contributed by atoms with Crippen LogP contribution in [0, 0.1) is 0 Å². The van der Waals surface area contributed by atoms with Crippen molar-refractivity contribution in [2.45, 2.75) is 38.8 Å². The van der Waals surface area contributed by atoms with Gasteiger partial charge in [0, 0.05) is 31.9 Å². The van der Waals surface area contributed by atoms with Crippen molar-refractivity contribution in [3.8, 4) is 0 Å². The number of hydrogen-bond acceptors (Lipinski definition) is 7. The number of aromatic nitrogens is 2. The van der Waals surface area contributed by atoms with Gasteiger partial charge in [-0.2, -0.15) is 0 Å². The minimum atomic E-state index is -0.959. The number of anilines is 1. The molecule has 0 radical (unpaired) electrons. The third-order valence-corrected chi connectivity index (χ3v) is 4.93. The fraction of sp³-hybridized carbons (Fsp3) is 0.524. The van der Waals surface area contributed by atoms with Crippen molar-refractivity contribution in [3.63, 3.8) is 0 Å². The summed E-state index contributed by atoms with van der Waals surface area (Å²) >= 11 is 0. The van der Waals surface area contributed by atoms with Crippen molar-refractivity contribution in [3.05, 3.63) is 24.0 Å². The van der Waals surface area contributed by atoms with Gasteiger partial charge in [0.2, 0.25) is 17.6 Å². The predicted molar refractivity (Wildman–Crippen MR) is 117 cm³/mol. The van der Waals surface area contributed by atoms with Crippen LogP contribution in [0.5, 0.6) is 0 Å². The maximum Gasteiger partial charge on any atom is 0.374 e. The van der Waals surface area contributed by atoms with Crippen LogP contribution in [0.3, 0.4) is 0 Å². The highest BCUT2D eigenvalue weighted by Crippen LogP contribution is 2.19.